The zero-order chi connectivity index (χ0) is 15.0. The van der Waals surface area contributed by atoms with Crippen LogP contribution in [0, 0.1) is 0 Å². The third-order valence-corrected chi connectivity index (χ3v) is 4.84. The van der Waals surface area contributed by atoms with Crippen LogP contribution in [-0.2, 0) is 17.3 Å². The van der Waals surface area contributed by atoms with Gasteiger partial charge in [0.1, 0.15) is 5.75 Å². The first-order chi connectivity index (χ1) is 10.1. The Balaban J connectivity index is 2.24. The van der Waals surface area contributed by atoms with E-state index >= 15 is 0 Å². The van der Waals surface area contributed by atoms with E-state index in [-0.39, 0.29) is 0 Å². The van der Waals surface area contributed by atoms with Crippen LogP contribution < -0.4 is 4.74 Å². The molecule has 0 unspecified atom stereocenters. The van der Waals surface area contributed by atoms with Crippen LogP contribution in [0.5, 0.6) is 5.75 Å². The van der Waals surface area contributed by atoms with Gasteiger partial charge in [-0.05, 0) is 31.0 Å². The lowest BCUT2D eigenvalue weighted by Gasteiger charge is -2.34. The summed E-state index contributed by atoms with van der Waals surface area (Å²) < 4.78 is 7.54. The molecule has 0 spiro atoms. The molecule has 1 saturated carbocycles. The quantitative estimate of drug-likeness (QED) is 0.940. The molecule has 1 heterocycles. The van der Waals surface area contributed by atoms with E-state index in [1.54, 1.807) is 7.11 Å². The molecule has 0 atom stereocenters. The lowest BCUT2D eigenvalue weighted by molar-refractivity contribution is -0.145. The van der Waals surface area contributed by atoms with Gasteiger partial charge in [0.25, 0.3) is 0 Å². The van der Waals surface area contributed by atoms with Crippen LogP contribution in [0.3, 0.4) is 0 Å². The minimum atomic E-state index is -0.804. The molecule has 0 amide bonds. The second-order valence-corrected chi connectivity index (χ2v) is 5.99. The molecule has 0 bridgehead atoms. The summed E-state index contributed by atoms with van der Waals surface area (Å²) in [5.74, 6) is -0.0351. The van der Waals surface area contributed by atoms with Gasteiger partial charge in [-0.3, -0.25) is 4.79 Å². The van der Waals surface area contributed by atoms with Crippen LogP contribution in [0.25, 0.3) is 10.9 Å². The summed E-state index contributed by atoms with van der Waals surface area (Å²) in [6, 6.07) is 5.99. The van der Waals surface area contributed by atoms with Gasteiger partial charge in [0.2, 0.25) is 0 Å². The number of aliphatic carboxylic acids is 1. The molecule has 4 heteroatoms. The topological polar surface area (TPSA) is 51.5 Å². The first-order valence-electron chi connectivity index (χ1n) is 7.45. The molecule has 1 fully saturated rings. The van der Waals surface area contributed by atoms with E-state index in [0.29, 0.717) is 18.6 Å². The fourth-order valence-corrected chi connectivity index (χ4v) is 3.59. The van der Waals surface area contributed by atoms with Crippen LogP contribution in [0.2, 0.25) is 0 Å². The number of carboxylic acids is 1. The Morgan fingerprint density at radius 2 is 2.00 bits per heavy atom. The first-order valence-corrected chi connectivity index (χ1v) is 7.45. The first kappa shape index (κ1) is 14.0. The van der Waals surface area contributed by atoms with Crippen molar-refractivity contribution < 1.29 is 14.6 Å². The molecule has 1 N–H and O–H groups in total. The minimum Gasteiger partial charge on any atom is -0.496 e. The minimum absolute atomic E-state index is 0.689. The summed E-state index contributed by atoms with van der Waals surface area (Å²) in [7, 11) is 3.60. The number of carbonyl (C=O) groups is 1. The van der Waals surface area contributed by atoms with Crippen molar-refractivity contribution in [1.29, 1.82) is 0 Å². The number of nitrogens with zero attached hydrogens (tertiary/aromatic N) is 1. The second kappa shape index (κ2) is 5.10. The Morgan fingerprint density at radius 3 is 2.62 bits per heavy atom. The fraction of sp³-hybridized carbons (Fsp3) is 0.471. The zero-order valence-corrected chi connectivity index (χ0v) is 12.6. The number of fused-ring (bicyclic) bond motifs is 1. The summed E-state index contributed by atoms with van der Waals surface area (Å²) in [5, 5.41) is 11.0. The molecule has 1 aliphatic carbocycles. The molecule has 1 aromatic heterocycles. The SMILES string of the molecule is COc1cc2ccn(C)c2cc1C1(C(=O)O)CCCCC1. The number of hydrogen-bond donors (Lipinski definition) is 1. The molecule has 1 aliphatic rings. The van der Waals surface area contributed by atoms with Crippen molar-refractivity contribution in [3.8, 4) is 5.75 Å². The molecular weight excluding hydrogens is 266 g/mol. The van der Waals surface area contributed by atoms with Crippen molar-refractivity contribution in [3.05, 3.63) is 30.0 Å². The van der Waals surface area contributed by atoms with Crippen molar-refractivity contribution in [2.75, 3.05) is 7.11 Å². The molecule has 0 radical (unpaired) electrons. The highest BCUT2D eigenvalue weighted by Gasteiger charge is 2.43. The molecule has 0 aliphatic heterocycles. The number of hydrogen-bond acceptors (Lipinski definition) is 2. The molecular formula is C17H21NO3. The lowest BCUT2D eigenvalue weighted by atomic mass is 9.69. The smallest absolute Gasteiger partial charge is 0.314 e. The number of aromatic nitrogens is 1. The molecule has 112 valence electrons. The summed E-state index contributed by atoms with van der Waals surface area (Å²) in [6.07, 6.45) is 6.40. The monoisotopic (exact) mass is 287 g/mol. The normalized spacial score (nSPS) is 17.8. The summed E-state index contributed by atoms with van der Waals surface area (Å²) in [4.78, 5) is 12.0. The van der Waals surface area contributed by atoms with Crippen molar-refractivity contribution in [3.63, 3.8) is 0 Å². The fourth-order valence-electron chi connectivity index (χ4n) is 3.59. The van der Waals surface area contributed by atoms with E-state index in [4.69, 9.17) is 4.74 Å². The summed E-state index contributed by atoms with van der Waals surface area (Å²) in [6.45, 7) is 0. The van der Waals surface area contributed by atoms with Gasteiger partial charge in [-0.25, -0.2) is 0 Å². The molecule has 0 saturated heterocycles. The largest absolute Gasteiger partial charge is 0.496 e. The van der Waals surface area contributed by atoms with Crippen molar-refractivity contribution in [2.24, 2.45) is 7.05 Å². The molecule has 1 aromatic carbocycles. The third-order valence-electron chi connectivity index (χ3n) is 4.84. The van der Waals surface area contributed by atoms with E-state index in [0.717, 1.165) is 35.7 Å². The Labute approximate surface area is 124 Å². The maximum atomic E-state index is 12.0. The second-order valence-electron chi connectivity index (χ2n) is 5.99. The summed E-state index contributed by atoms with van der Waals surface area (Å²) >= 11 is 0. The predicted molar refractivity (Wildman–Crippen MR) is 81.9 cm³/mol. The highest BCUT2D eigenvalue weighted by Crippen LogP contribution is 2.45. The van der Waals surface area contributed by atoms with Gasteiger partial charge in [0, 0.05) is 29.7 Å². The van der Waals surface area contributed by atoms with Crippen LogP contribution in [0.4, 0.5) is 0 Å². The van der Waals surface area contributed by atoms with Gasteiger partial charge in [-0.15, -0.1) is 0 Å². The highest BCUT2D eigenvalue weighted by atomic mass is 16.5. The van der Waals surface area contributed by atoms with E-state index in [1.807, 2.05) is 36.0 Å². The Hall–Kier alpha value is -1.97. The van der Waals surface area contributed by atoms with Gasteiger partial charge in [-0.2, -0.15) is 0 Å². The molecule has 4 nitrogen and oxygen atoms in total. The van der Waals surface area contributed by atoms with Gasteiger partial charge in [-0.1, -0.05) is 19.3 Å². The van der Waals surface area contributed by atoms with Gasteiger partial charge in [0.15, 0.2) is 0 Å². The number of ether oxygens (including phenoxy) is 1. The Kier molecular flexibility index (Phi) is 3.40. The van der Waals surface area contributed by atoms with Gasteiger partial charge >= 0.3 is 5.97 Å². The molecule has 2 aromatic rings. The predicted octanol–water partition coefficient (Wildman–Crippen LogP) is 3.47. The molecule has 21 heavy (non-hydrogen) atoms. The number of aryl methyl sites for hydroxylation is 1. The standard InChI is InChI=1S/C17H21NO3/c1-18-9-6-12-10-15(21-2)13(11-14(12)18)17(16(19)20)7-4-3-5-8-17/h6,9-11H,3-5,7-8H2,1-2H3,(H,19,20). The Morgan fingerprint density at radius 1 is 1.29 bits per heavy atom. The zero-order valence-electron chi connectivity index (χ0n) is 12.6. The average Bonchev–Trinajstić information content (AvgIpc) is 2.87. The van der Waals surface area contributed by atoms with Gasteiger partial charge in [0.05, 0.1) is 12.5 Å². The number of methoxy groups -OCH3 is 1. The van der Waals surface area contributed by atoms with E-state index in [9.17, 15) is 9.90 Å². The maximum Gasteiger partial charge on any atom is 0.314 e. The maximum absolute atomic E-state index is 12.0. The lowest BCUT2D eigenvalue weighted by Crippen LogP contribution is -2.38. The third kappa shape index (κ3) is 2.09. The van der Waals surface area contributed by atoms with Crippen LogP contribution in [0.1, 0.15) is 37.7 Å². The highest BCUT2D eigenvalue weighted by molar-refractivity contribution is 5.88. The number of carboxylic acid groups (broad SMARTS) is 1. The van der Waals surface area contributed by atoms with Gasteiger partial charge < -0.3 is 14.4 Å². The number of benzene rings is 1. The van der Waals surface area contributed by atoms with Crippen molar-refractivity contribution >= 4 is 16.9 Å². The average molecular weight is 287 g/mol. The van der Waals surface area contributed by atoms with Crippen molar-refractivity contribution in [1.82, 2.24) is 4.57 Å². The Bertz CT molecular complexity index is 681. The van der Waals surface area contributed by atoms with Crippen molar-refractivity contribution in [2.45, 2.75) is 37.5 Å². The molecule has 3 rings (SSSR count). The van der Waals surface area contributed by atoms with E-state index in [2.05, 4.69) is 0 Å². The van der Waals surface area contributed by atoms with Crippen LogP contribution in [0.15, 0.2) is 24.4 Å². The van der Waals surface area contributed by atoms with Crippen LogP contribution >= 0.6 is 0 Å². The van der Waals surface area contributed by atoms with Crippen LogP contribution in [-0.4, -0.2) is 22.8 Å². The summed E-state index contributed by atoms with van der Waals surface area (Å²) in [5.41, 5.74) is 1.07. The van der Waals surface area contributed by atoms with E-state index in [1.165, 1.54) is 0 Å². The number of rotatable bonds is 3. The van der Waals surface area contributed by atoms with E-state index < -0.39 is 11.4 Å².